The van der Waals surface area contributed by atoms with Gasteiger partial charge in [0.15, 0.2) is 0 Å². The monoisotopic (exact) mass is 244 g/mol. The van der Waals surface area contributed by atoms with Gasteiger partial charge < -0.3 is 15.2 Å². The minimum atomic E-state index is 0.520. The normalized spacial score (nSPS) is 24.3. The fourth-order valence-corrected chi connectivity index (χ4v) is 2.90. The zero-order valence-electron chi connectivity index (χ0n) is 11.0. The number of rotatable bonds is 2. The molecule has 18 heavy (non-hydrogen) atoms. The number of nitrogens with one attached hydrogen (secondary N) is 2. The highest BCUT2D eigenvalue weighted by atomic mass is 15.2. The number of hydrogen-bond acceptors (Lipinski definition) is 3. The van der Waals surface area contributed by atoms with Gasteiger partial charge in [-0.15, -0.1) is 0 Å². The molecule has 4 heteroatoms. The molecule has 0 bridgehead atoms. The largest absolute Gasteiger partial charge is 0.361 e. The number of anilines is 1. The van der Waals surface area contributed by atoms with Crippen LogP contribution in [0.25, 0.3) is 10.9 Å². The second kappa shape index (κ2) is 4.61. The van der Waals surface area contributed by atoms with Crippen LogP contribution in [0.5, 0.6) is 0 Å². The van der Waals surface area contributed by atoms with Crippen molar-refractivity contribution < 1.29 is 0 Å². The molecular formula is C14H20N4. The Labute approximate surface area is 107 Å². The van der Waals surface area contributed by atoms with Crippen molar-refractivity contribution in [2.24, 2.45) is 5.92 Å². The number of piperidine rings is 1. The Morgan fingerprint density at radius 3 is 3.11 bits per heavy atom. The average Bonchev–Trinajstić information content (AvgIpc) is 2.86. The van der Waals surface area contributed by atoms with Crippen LogP contribution in [0.4, 0.5) is 5.82 Å². The van der Waals surface area contributed by atoms with E-state index in [1.807, 2.05) is 18.5 Å². The van der Waals surface area contributed by atoms with Crippen molar-refractivity contribution in [1.29, 1.82) is 0 Å². The minimum Gasteiger partial charge on any atom is -0.361 e. The Hall–Kier alpha value is -1.55. The van der Waals surface area contributed by atoms with Crippen LogP contribution in [0.3, 0.4) is 0 Å². The van der Waals surface area contributed by atoms with Crippen LogP contribution >= 0.6 is 0 Å². The van der Waals surface area contributed by atoms with Crippen molar-refractivity contribution in [2.75, 3.05) is 25.0 Å². The van der Waals surface area contributed by atoms with Gasteiger partial charge >= 0.3 is 0 Å². The topological polar surface area (TPSA) is 44.0 Å². The zero-order valence-corrected chi connectivity index (χ0v) is 11.0. The molecule has 3 heterocycles. The van der Waals surface area contributed by atoms with E-state index in [2.05, 4.69) is 40.2 Å². The molecule has 1 saturated heterocycles. The van der Waals surface area contributed by atoms with Gasteiger partial charge in [0.2, 0.25) is 0 Å². The minimum absolute atomic E-state index is 0.520. The maximum atomic E-state index is 4.57. The van der Waals surface area contributed by atoms with Crippen LogP contribution in [0, 0.1) is 5.92 Å². The summed E-state index contributed by atoms with van der Waals surface area (Å²) in [6.07, 6.45) is 5.09. The molecular weight excluding hydrogens is 224 g/mol. The van der Waals surface area contributed by atoms with E-state index in [-0.39, 0.29) is 0 Å². The summed E-state index contributed by atoms with van der Waals surface area (Å²) in [5.74, 6) is 1.78. The molecule has 1 aliphatic rings. The third-order valence-electron chi connectivity index (χ3n) is 4.08. The van der Waals surface area contributed by atoms with E-state index in [1.54, 1.807) is 0 Å². The first-order chi connectivity index (χ1) is 8.77. The summed E-state index contributed by atoms with van der Waals surface area (Å²) >= 11 is 0. The van der Waals surface area contributed by atoms with Crippen LogP contribution < -0.4 is 10.2 Å². The SMILES string of the molecule is CC1CCNCC1N(C)c1nccc2[nH]ccc12. The van der Waals surface area contributed by atoms with Crippen molar-refractivity contribution in [1.82, 2.24) is 15.3 Å². The Kier molecular flexibility index (Phi) is 2.96. The van der Waals surface area contributed by atoms with Crippen LogP contribution in [0.1, 0.15) is 13.3 Å². The van der Waals surface area contributed by atoms with Crippen molar-refractivity contribution >= 4 is 16.7 Å². The molecule has 0 radical (unpaired) electrons. The number of pyridine rings is 1. The summed E-state index contributed by atoms with van der Waals surface area (Å²) in [4.78, 5) is 10.1. The van der Waals surface area contributed by atoms with Crippen LogP contribution in [0.15, 0.2) is 24.5 Å². The van der Waals surface area contributed by atoms with Gasteiger partial charge in [-0.25, -0.2) is 4.98 Å². The molecule has 1 fully saturated rings. The number of aromatic amines is 1. The van der Waals surface area contributed by atoms with Crippen molar-refractivity contribution in [3.05, 3.63) is 24.5 Å². The lowest BCUT2D eigenvalue weighted by atomic mass is 9.93. The second-order valence-electron chi connectivity index (χ2n) is 5.22. The molecule has 3 rings (SSSR count). The lowest BCUT2D eigenvalue weighted by Crippen LogP contribution is -2.49. The molecule has 2 atom stereocenters. The molecule has 96 valence electrons. The molecule has 2 unspecified atom stereocenters. The predicted octanol–water partition coefficient (Wildman–Crippen LogP) is 2.00. The lowest BCUT2D eigenvalue weighted by Gasteiger charge is -2.37. The fourth-order valence-electron chi connectivity index (χ4n) is 2.90. The van der Waals surface area contributed by atoms with Crippen molar-refractivity contribution in [2.45, 2.75) is 19.4 Å². The molecule has 0 saturated carbocycles. The van der Waals surface area contributed by atoms with Crippen LogP contribution in [-0.4, -0.2) is 36.1 Å². The van der Waals surface area contributed by atoms with E-state index in [9.17, 15) is 0 Å². The Balaban J connectivity index is 1.95. The average molecular weight is 244 g/mol. The first kappa shape index (κ1) is 11.5. The summed E-state index contributed by atoms with van der Waals surface area (Å²) in [5, 5.41) is 4.69. The molecule has 2 N–H and O–H groups in total. The summed E-state index contributed by atoms with van der Waals surface area (Å²) in [6, 6.07) is 4.65. The third-order valence-corrected chi connectivity index (χ3v) is 4.08. The molecule has 4 nitrogen and oxygen atoms in total. The highest BCUT2D eigenvalue weighted by molar-refractivity contribution is 5.90. The predicted molar refractivity (Wildman–Crippen MR) is 74.9 cm³/mol. The lowest BCUT2D eigenvalue weighted by molar-refractivity contribution is 0.338. The number of aromatic nitrogens is 2. The highest BCUT2D eigenvalue weighted by Crippen LogP contribution is 2.27. The van der Waals surface area contributed by atoms with Gasteiger partial charge in [-0.05, 0) is 31.0 Å². The third kappa shape index (κ3) is 1.86. The standard InChI is InChI=1S/C14H20N4/c1-10-3-6-15-9-13(10)18(2)14-11-4-7-16-12(11)5-8-17-14/h4-5,7-8,10,13,15-16H,3,6,9H2,1-2H3. The number of hydrogen-bond donors (Lipinski definition) is 2. The molecule has 0 amide bonds. The molecule has 2 aromatic heterocycles. The highest BCUT2D eigenvalue weighted by Gasteiger charge is 2.26. The van der Waals surface area contributed by atoms with Crippen LogP contribution in [-0.2, 0) is 0 Å². The first-order valence-corrected chi connectivity index (χ1v) is 6.63. The molecule has 0 aliphatic carbocycles. The molecule has 0 aromatic carbocycles. The van der Waals surface area contributed by atoms with Gasteiger partial charge in [0, 0.05) is 37.4 Å². The summed E-state index contributed by atoms with van der Waals surface area (Å²) < 4.78 is 0. The first-order valence-electron chi connectivity index (χ1n) is 6.63. The Morgan fingerprint density at radius 2 is 2.28 bits per heavy atom. The van der Waals surface area contributed by atoms with Crippen molar-refractivity contribution in [3.8, 4) is 0 Å². The van der Waals surface area contributed by atoms with Gasteiger partial charge in [-0.2, -0.15) is 0 Å². The van der Waals surface area contributed by atoms with Crippen molar-refractivity contribution in [3.63, 3.8) is 0 Å². The number of nitrogens with zero attached hydrogens (tertiary/aromatic N) is 2. The van der Waals surface area contributed by atoms with E-state index in [0.29, 0.717) is 12.0 Å². The van der Waals surface area contributed by atoms with E-state index < -0.39 is 0 Å². The maximum absolute atomic E-state index is 4.57. The quantitative estimate of drug-likeness (QED) is 0.849. The zero-order chi connectivity index (χ0) is 12.5. The molecule has 0 spiro atoms. The van der Waals surface area contributed by atoms with E-state index in [1.165, 1.54) is 11.8 Å². The smallest absolute Gasteiger partial charge is 0.138 e. The molecule has 1 aliphatic heterocycles. The number of fused-ring (bicyclic) bond motifs is 1. The Bertz CT molecular complexity index is 533. The van der Waals surface area contributed by atoms with Gasteiger partial charge in [0.25, 0.3) is 0 Å². The van der Waals surface area contributed by atoms with E-state index in [0.717, 1.165) is 24.4 Å². The van der Waals surface area contributed by atoms with Gasteiger partial charge in [-0.3, -0.25) is 0 Å². The second-order valence-corrected chi connectivity index (χ2v) is 5.22. The van der Waals surface area contributed by atoms with Gasteiger partial charge in [0.05, 0.1) is 5.52 Å². The maximum Gasteiger partial charge on any atom is 0.138 e. The van der Waals surface area contributed by atoms with Crippen LogP contribution in [0.2, 0.25) is 0 Å². The summed E-state index contributed by atoms with van der Waals surface area (Å²) in [6.45, 7) is 4.51. The van der Waals surface area contributed by atoms with Gasteiger partial charge in [0.1, 0.15) is 5.82 Å². The van der Waals surface area contributed by atoms with E-state index in [4.69, 9.17) is 0 Å². The summed E-state index contributed by atoms with van der Waals surface area (Å²) in [7, 11) is 2.16. The number of likely N-dealkylation sites (N-methyl/N-ethyl adjacent to an activating group) is 1. The molecule has 2 aromatic rings. The fraction of sp³-hybridized carbons (Fsp3) is 0.500. The van der Waals surface area contributed by atoms with E-state index >= 15 is 0 Å². The van der Waals surface area contributed by atoms with Gasteiger partial charge in [-0.1, -0.05) is 6.92 Å². The summed E-state index contributed by atoms with van der Waals surface area (Å²) in [5.41, 5.74) is 1.16. The Morgan fingerprint density at radius 1 is 1.39 bits per heavy atom. The number of H-pyrrole nitrogens is 1.